The zero-order valence-electron chi connectivity index (χ0n) is 12.5. The van der Waals surface area contributed by atoms with E-state index in [9.17, 15) is 9.18 Å². The van der Waals surface area contributed by atoms with Crippen LogP contribution in [-0.4, -0.2) is 31.9 Å². The third-order valence-electron chi connectivity index (χ3n) is 3.39. The second-order valence-corrected chi connectivity index (χ2v) is 4.90. The molecule has 2 aromatic heterocycles. The Kier molecular flexibility index (Phi) is 4.18. The fourth-order valence-electron chi connectivity index (χ4n) is 2.16. The summed E-state index contributed by atoms with van der Waals surface area (Å²) >= 11 is 0. The summed E-state index contributed by atoms with van der Waals surface area (Å²) in [6.45, 7) is 2.60. The molecule has 0 atom stereocenters. The maximum atomic E-state index is 13.7. The highest BCUT2D eigenvalue weighted by Gasteiger charge is 2.13. The average Bonchev–Trinajstić information content (AvgIpc) is 3.17. The number of imidazole rings is 1. The zero-order chi connectivity index (χ0) is 16.2. The molecule has 118 valence electrons. The molecule has 0 aliphatic rings. The molecule has 0 saturated heterocycles. The van der Waals surface area contributed by atoms with Crippen molar-refractivity contribution in [3.63, 3.8) is 0 Å². The highest BCUT2D eigenvalue weighted by atomic mass is 19.1. The van der Waals surface area contributed by atoms with E-state index in [1.165, 1.54) is 23.0 Å². The summed E-state index contributed by atoms with van der Waals surface area (Å²) in [5.74, 6) is -0.103. The smallest absolute Gasteiger partial charge is 0.358 e. The summed E-state index contributed by atoms with van der Waals surface area (Å²) in [7, 11) is 0. The van der Waals surface area contributed by atoms with Gasteiger partial charge in [-0.15, -0.1) is 0 Å². The van der Waals surface area contributed by atoms with Crippen LogP contribution in [0.1, 0.15) is 16.3 Å². The summed E-state index contributed by atoms with van der Waals surface area (Å²) in [5.41, 5.74) is 0.413. The Morgan fingerprint density at radius 2 is 2.09 bits per heavy atom. The number of benzene rings is 1. The highest BCUT2D eigenvalue weighted by Crippen LogP contribution is 2.12. The van der Waals surface area contributed by atoms with Crippen LogP contribution in [0.15, 0.2) is 48.9 Å². The number of hydrogen-bond acceptors (Lipinski definition) is 4. The van der Waals surface area contributed by atoms with E-state index in [0.717, 1.165) is 5.82 Å². The topological polar surface area (TPSA) is 61.9 Å². The molecule has 3 aromatic rings. The number of rotatable bonds is 5. The molecular formula is C16H15FN4O2. The molecule has 7 heteroatoms. The molecule has 0 aliphatic heterocycles. The van der Waals surface area contributed by atoms with Gasteiger partial charge in [0.25, 0.3) is 0 Å². The normalized spacial score (nSPS) is 10.7. The lowest BCUT2D eigenvalue weighted by atomic mass is 10.3. The van der Waals surface area contributed by atoms with E-state index < -0.39 is 11.8 Å². The molecule has 23 heavy (non-hydrogen) atoms. The first-order valence-corrected chi connectivity index (χ1v) is 7.10. The van der Waals surface area contributed by atoms with E-state index in [1.54, 1.807) is 24.4 Å². The first-order valence-electron chi connectivity index (χ1n) is 7.10. The largest absolute Gasteiger partial charge is 0.459 e. The van der Waals surface area contributed by atoms with Gasteiger partial charge >= 0.3 is 5.97 Å². The van der Waals surface area contributed by atoms with Crippen LogP contribution in [0.3, 0.4) is 0 Å². The van der Waals surface area contributed by atoms with E-state index in [0.29, 0.717) is 6.54 Å². The van der Waals surface area contributed by atoms with Crippen molar-refractivity contribution in [2.45, 2.75) is 13.5 Å². The Balaban J connectivity index is 1.63. The third-order valence-corrected chi connectivity index (χ3v) is 3.39. The maximum absolute atomic E-state index is 13.7. The predicted molar refractivity (Wildman–Crippen MR) is 80.8 cm³/mol. The minimum atomic E-state index is -0.544. The Morgan fingerprint density at radius 3 is 2.83 bits per heavy atom. The van der Waals surface area contributed by atoms with Crippen molar-refractivity contribution in [2.75, 3.05) is 6.61 Å². The Hall–Kier alpha value is -2.96. The monoisotopic (exact) mass is 314 g/mol. The SMILES string of the molecule is Cc1nccn1CCOC(=O)c1ccn(-c2ccccc2F)n1. The van der Waals surface area contributed by atoms with Crippen molar-refractivity contribution < 1.29 is 13.9 Å². The van der Waals surface area contributed by atoms with Crippen LogP contribution in [-0.2, 0) is 11.3 Å². The van der Waals surface area contributed by atoms with Gasteiger partial charge in [0.15, 0.2) is 5.69 Å². The van der Waals surface area contributed by atoms with E-state index in [2.05, 4.69) is 10.1 Å². The fraction of sp³-hybridized carbons (Fsp3) is 0.188. The maximum Gasteiger partial charge on any atom is 0.358 e. The molecule has 3 rings (SSSR count). The molecule has 0 bridgehead atoms. The summed E-state index contributed by atoms with van der Waals surface area (Å²) in [6, 6.07) is 7.71. The van der Waals surface area contributed by atoms with Crippen LogP contribution < -0.4 is 0 Å². The van der Waals surface area contributed by atoms with Crippen molar-refractivity contribution in [2.24, 2.45) is 0 Å². The van der Waals surface area contributed by atoms with Gasteiger partial charge in [-0.2, -0.15) is 5.10 Å². The second-order valence-electron chi connectivity index (χ2n) is 4.90. The lowest BCUT2D eigenvalue weighted by molar-refractivity contribution is 0.0483. The number of aryl methyl sites for hydroxylation is 1. The van der Waals surface area contributed by atoms with E-state index in [4.69, 9.17) is 4.74 Å². The number of nitrogens with zero attached hydrogens (tertiary/aromatic N) is 4. The van der Waals surface area contributed by atoms with Gasteiger partial charge in [-0.3, -0.25) is 0 Å². The van der Waals surface area contributed by atoms with E-state index in [-0.39, 0.29) is 18.0 Å². The van der Waals surface area contributed by atoms with Crippen LogP contribution in [0.4, 0.5) is 4.39 Å². The first-order chi connectivity index (χ1) is 11.1. The molecule has 2 heterocycles. The van der Waals surface area contributed by atoms with Crippen LogP contribution in [0, 0.1) is 12.7 Å². The Labute approximate surface area is 132 Å². The van der Waals surface area contributed by atoms with Gasteiger partial charge in [0.1, 0.15) is 23.9 Å². The van der Waals surface area contributed by atoms with Crippen LogP contribution in [0.25, 0.3) is 5.69 Å². The summed E-state index contributed by atoms with van der Waals surface area (Å²) in [6.07, 6.45) is 5.03. The number of halogens is 1. The molecular weight excluding hydrogens is 299 g/mol. The molecule has 0 fully saturated rings. The van der Waals surface area contributed by atoms with Gasteiger partial charge in [0.05, 0.1) is 6.54 Å². The predicted octanol–water partition coefficient (Wildman–Crippen LogP) is 2.37. The highest BCUT2D eigenvalue weighted by molar-refractivity contribution is 5.87. The van der Waals surface area contributed by atoms with E-state index >= 15 is 0 Å². The summed E-state index contributed by atoms with van der Waals surface area (Å²) < 4.78 is 22.1. The van der Waals surface area contributed by atoms with Gasteiger partial charge in [-0.1, -0.05) is 12.1 Å². The molecule has 6 nitrogen and oxygen atoms in total. The summed E-state index contributed by atoms with van der Waals surface area (Å²) in [4.78, 5) is 16.1. The summed E-state index contributed by atoms with van der Waals surface area (Å²) in [5, 5.41) is 4.06. The molecule has 0 amide bonds. The molecule has 0 saturated carbocycles. The molecule has 1 aromatic carbocycles. The fourth-order valence-corrected chi connectivity index (χ4v) is 2.16. The first kappa shape index (κ1) is 15.0. The third kappa shape index (κ3) is 3.28. The minimum absolute atomic E-state index is 0.135. The van der Waals surface area contributed by atoms with Crippen molar-refractivity contribution in [1.82, 2.24) is 19.3 Å². The quantitative estimate of drug-likeness (QED) is 0.678. The lowest BCUT2D eigenvalue weighted by Crippen LogP contribution is -2.13. The van der Waals surface area contributed by atoms with Gasteiger partial charge in [-0.25, -0.2) is 18.9 Å². The molecule has 0 aliphatic carbocycles. The number of para-hydroxylation sites is 1. The minimum Gasteiger partial charge on any atom is -0.459 e. The average molecular weight is 314 g/mol. The molecule has 0 unspecified atom stereocenters. The van der Waals surface area contributed by atoms with Gasteiger partial charge in [0.2, 0.25) is 0 Å². The Bertz CT molecular complexity index is 825. The molecule has 0 radical (unpaired) electrons. The van der Waals surface area contributed by atoms with Crippen molar-refractivity contribution >= 4 is 5.97 Å². The van der Waals surface area contributed by atoms with Crippen LogP contribution in [0.5, 0.6) is 0 Å². The van der Waals surface area contributed by atoms with Crippen LogP contribution >= 0.6 is 0 Å². The van der Waals surface area contributed by atoms with Gasteiger partial charge in [-0.05, 0) is 25.1 Å². The number of hydrogen-bond donors (Lipinski definition) is 0. The second kappa shape index (κ2) is 6.43. The van der Waals surface area contributed by atoms with Crippen molar-refractivity contribution in [1.29, 1.82) is 0 Å². The Morgan fingerprint density at radius 1 is 1.26 bits per heavy atom. The van der Waals surface area contributed by atoms with Crippen LogP contribution in [0.2, 0.25) is 0 Å². The van der Waals surface area contributed by atoms with E-state index in [1.807, 2.05) is 17.7 Å². The number of aromatic nitrogens is 4. The zero-order valence-corrected chi connectivity index (χ0v) is 12.5. The number of ether oxygens (including phenoxy) is 1. The van der Waals surface area contributed by atoms with Crippen molar-refractivity contribution in [3.8, 4) is 5.69 Å². The van der Waals surface area contributed by atoms with Gasteiger partial charge < -0.3 is 9.30 Å². The number of carbonyl (C=O) groups excluding carboxylic acids is 1. The lowest BCUT2D eigenvalue weighted by Gasteiger charge is -2.05. The van der Waals surface area contributed by atoms with Gasteiger partial charge in [0, 0.05) is 18.6 Å². The van der Waals surface area contributed by atoms with Crippen molar-refractivity contribution in [3.05, 3.63) is 66.3 Å². The number of carbonyl (C=O) groups is 1. The molecule has 0 N–H and O–H groups in total. The molecule has 0 spiro atoms. The number of esters is 1. The standard InChI is InChI=1S/C16H15FN4O2/c1-12-18-7-9-20(12)10-11-23-16(22)14-6-8-21(19-14)15-5-3-2-4-13(15)17/h2-9H,10-11H2,1H3.